The highest BCUT2D eigenvalue weighted by molar-refractivity contribution is 5.86. The molecule has 0 aliphatic carbocycles. The zero-order valence-corrected chi connectivity index (χ0v) is 7.66. The lowest BCUT2D eigenvalue weighted by molar-refractivity contribution is -0.128. The molecule has 0 saturated heterocycles. The van der Waals surface area contributed by atoms with Crippen LogP contribution in [0.2, 0.25) is 0 Å². The molecule has 3 amide bonds. The Morgan fingerprint density at radius 1 is 1.38 bits per heavy atom. The lowest BCUT2D eigenvalue weighted by atomic mass is 10.5. The second-order valence-corrected chi connectivity index (χ2v) is 2.47. The smallest absolute Gasteiger partial charge is 0.240 e. The Hall–Kier alpha value is -1.59. The van der Waals surface area contributed by atoms with E-state index in [1.54, 1.807) is 0 Å². The SMILES string of the molecule is CNC(=O)CNC(=O)CN(C)C=O. The van der Waals surface area contributed by atoms with Crippen molar-refractivity contribution in [3.05, 3.63) is 0 Å². The second-order valence-electron chi connectivity index (χ2n) is 2.47. The molecule has 0 rings (SSSR count). The first-order valence-corrected chi connectivity index (χ1v) is 3.73. The molecule has 0 unspecified atom stereocenters. The number of nitrogens with one attached hydrogen (secondary N) is 2. The molecule has 6 nitrogen and oxygen atoms in total. The summed E-state index contributed by atoms with van der Waals surface area (Å²) in [6.45, 7) is -0.109. The Kier molecular flexibility index (Phi) is 5.25. The van der Waals surface area contributed by atoms with Gasteiger partial charge in [0, 0.05) is 14.1 Å². The maximum Gasteiger partial charge on any atom is 0.240 e. The number of carbonyl (C=O) groups is 3. The van der Waals surface area contributed by atoms with Crippen LogP contribution in [0.4, 0.5) is 0 Å². The molecule has 0 bridgehead atoms. The third kappa shape index (κ3) is 5.66. The molecule has 0 aromatic rings. The zero-order valence-electron chi connectivity index (χ0n) is 7.66. The summed E-state index contributed by atoms with van der Waals surface area (Å²) in [6.07, 6.45) is 0.541. The largest absolute Gasteiger partial charge is 0.358 e. The van der Waals surface area contributed by atoms with Crippen molar-refractivity contribution in [2.75, 3.05) is 27.2 Å². The first kappa shape index (κ1) is 11.4. The molecule has 0 heterocycles. The number of likely N-dealkylation sites (N-methyl/N-ethyl adjacent to an activating group) is 2. The van der Waals surface area contributed by atoms with Gasteiger partial charge in [0.05, 0.1) is 13.1 Å². The van der Waals surface area contributed by atoms with E-state index in [9.17, 15) is 14.4 Å². The molecule has 0 aromatic carbocycles. The molecule has 13 heavy (non-hydrogen) atoms. The number of rotatable bonds is 5. The van der Waals surface area contributed by atoms with Gasteiger partial charge in [0.2, 0.25) is 18.2 Å². The van der Waals surface area contributed by atoms with Crippen LogP contribution in [0, 0.1) is 0 Å². The van der Waals surface area contributed by atoms with Crippen molar-refractivity contribution in [3.8, 4) is 0 Å². The van der Waals surface area contributed by atoms with Crippen LogP contribution in [0.1, 0.15) is 0 Å². The Morgan fingerprint density at radius 2 is 2.00 bits per heavy atom. The van der Waals surface area contributed by atoms with Gasteiger partial charge in [-0.25, -0.2) is 0 Å². The fourth-order valence-electron chi connectivity index (χ4n) is 0.587. The Bertz CT molecular complexity index is 205. The van der Waals surface area contributed by atoms with E-state index in [1.807, 2.05) is 0 Å². The molecule has 0 aliphatic rings. The molecule has 0 atom stereocenters. The Balaban J connectivity index is 3.63. The standard InChI is InChI=1S/C7H13N3O3/c1-8-6(12)3-9-7(13)4-10(2)5-11/h5H,3-4H2,1-2H3,(H,8,12)(H,9,13). The third-order valence-corrected chi connectivity index (χ3v) is 1.30. The number of nitrogens with zero attached hydrogens (tertiary/aromatic N) is 1. The third-order valence-electron chi connectivity index (χ3n) is 1.30. The van der Waals surface area contributed by atoms with Gasteiger partial charge in [0.25, 0.3) is 0 Å². The average molecular weight is 187 g/mol. The van der Waals surface area contributed by atoms with Crippen LogP contribution >= 0.6 is 0 Å². The fourth-order valence-corrected chi connectivity index (χ4v) is 0.587. The summed E-state index contributed by atoms with van der Waals surface area (Å²) >= 11 is 0. The van der Waals surface area contributed by atoms with Gasteiger partial charge in [-0.2, -0.15) is 0 Å². The first-order chi connectivity index (χ1) is 6.10. The van der Waals surface area contributed by atoms with Gasteiger partial charge in [-0.1, -0.05) is 0 Å². The van der Waals surface area contributed by atoms with Gasteiger partial charge < -0.3 is 15.5 Å². The predicted molar refractivity (Wildman–Crippen MR) is 45.8 cm³/mol. The summed E-state index contributed by atoms with van der Waals surface area (Å²) in [6, 6.07) is 0. The van der Waals surface area contributed by atoms with Crippen LogP contribution in [-0.2, 0) is 14.4 Å². The van der Waals surface area contributed by atoms with Gasteiger partial charge in [-0.15, -0.1) is 0 Å². The van der Waals surface area contributed by atoms with Crippen molar-refractivity contribution >= 4 is 18.2 Å². The van der Waals surface area contributed by atoms with Gasteiger partial charge in [0.1, 0.15) is 0 Å². The minimum atomic E-state index is -0.363. The molecular weight excluding hydrogens is 174 g/mol. The number of hydrogen-bond donors (Lipinski definition) is 2. The molecule has 0 saturated carbocycles. The van der Waals surface area contributed by atoms with Crippen LogP contribution < -0.4 is 10.6 Å². The van der Waals surface area contributed by atoms with E-state index in [2.05, 4.69) is 10.6 Å². The van der Waals surface area contributed by atoms with Crippen LogP contribution in [-0.4, -0.2) is 50.3 Å². The summed E-state index contributed by atoms with van der Waals surface area (Å²) in [5.74, 6) is -0.639. The van der Waals surface area contributed by atoms with E-state index in [4.69, 9.17) is 0 Å². The molecule has 0 spiro atoms. The molecule has 74 valence electrons. The molecule has 0 radical (unpaired) electrons. The predicted octanol–water partition coefficient (Wildman–Crippen LogP) is -2.06. The number of carbonyl (C=O) groups excluding carboxylic acids is 3. The normalized spacial score (nSPS) is 8.77. The zero-order chi connectivity index (χ0) is 10.3. The van der Waals surface area contributed by atoms with Gasteiger partial charge in [0.15, 0.2) is 0 Å². The van der Waals surface area contributed by atoms with E-state index < -0.39 is 0 Å². The van der Waals surface area contributed by atoms with Crippen molar-refractivity contribution in [1.82, 2.24) is 15.5 Å². The van der Waals surface area contributed by atoms with Crippen molar-refractivity contribution < 1.29 is 14.4 Å². The minimum absolute atomic E-state index is 0.0412. The van der Waals surface area contributed by atoms with Crippen molar-refractivity contribution in [2.24, 2.45) is 0 Å². The second kappa shape index (κ2) is 5.99. The molecular formula is C7H13N3O3. The number of hydrogen-bond acceptors (Lipinski definition) is 3. The maximum absolute atomic E-state index is 10.9. The molecule has 0 aliphatic heterocycles. The Morgan fingerprint density at radius 3 is 2.46 bits per heavy atom. The molecule has 6 heteroatoms. The Labute approximate surface area is 76.3 Å². The van der Waals surface area contributed by atoms with E-state index in [0.717, 1.165) is 0 Å². The molecule has 0 aromatic heterocycles. The topological polar surface area (TPSA) is 78.5 Å². The summed E-state index contributed by atoms with van der Waals surface area (Å²) in [5, 5.41) is 4.70. The lowest BCUT2D eigenvalue weighted by Crippen LogP contribution is -2.40. The quantitative estimate of drug-likeness (QED) is 0.486. The maximum atomic E-state index is 10.9. The van der Waals surface area contributed by atoms with E-state index in [0.29, 0.717) is 6.41 Å². The van der Waals surface area contributed by atoms with Crippen LogP contribution in [0.5, 0.6) is 0 Å². The molecule has 2 N–H and O–H groups in total. The first-order valence-electron chi connectivity index (χ1n) is 3.73. The van der Waals surface area contributed by atoms with E-state index in [-0.39, 0.29) is 24.9 Å². The highest BCUT2D eigenvalue weighted by Gasteiger charge is 2.05. The summed E-state index contributed by atoms with van der Waals surface area (Å²) in [5.41, 5.74) is 0. The minimum Gasteiger partial charge on any atom is -0.358 e. The van der Waals surface area contributed by atoms with Crippen molar-refractivity contribution in [2.45, 2.75) is 0 Å². The highest BCUT2D eigenvalue weighted by Crippen LogP contribution is 1.74. The van der Waals surface area contributed by atoms with Crippen molar-refractivity contribution in [1.29, 1.82) is 0 Å². The fraction of sp³-hybridized carbons (Fsp3) is 0.571. The highest BCUT2D eigenvalue weighted by atomic mass is 16.2. The van der Waals surface area contributed by atoms with E-state index in [1.165, 1.54) is 19.0 Å². The average Bonchev–Trinajstić information content (AvgIpc) is 2.13. The van der Waals surface area contributed by atoms with Crippen molar-refractivity contribution in [3.63, 3.8) is 0 Å². The van der Waals surface area contributed by atoms with Gasteiger partial charge in [-0.05, 0) is 0 Å². The van der Waals surface area contributed by atoms with Gasteiger partial charge in [-0.3, -0.25) is 14.4 Å². The summed E-state index contributed by atoms with van der Waals surface area (Å²) in [4.78, 5) is 32.9. The van der Waals surface area contributed by atoms with Crippen LogP contribution in [0.3, 0.4) is 0 Å². The molecule has 0 fully saturated rings. The van der Waals surface area contributed by atoms with Crippen LogP contribution in [0.15, 0.2) is 0 Å². The number of amides is 3. The van der Waals surface area contributed by atoms with Crippen LogP contribution in [0.25, 0.3) is 0 Å². The monoisotopic (exact) mass is 187 g/mol. The van der Waals surface area contributed by atoms with E-state index >= 15 is 0 Å². The lowest BCUT2D eigenvalue weighted by Gasteiger charge is -2.09. The van der Waals surface area contributed by atoms with Gasteiger partial charge >= 0.3 is 0 Å². The summed E-state index contributed by atoms with van der Waals surface area (Å²) < 4.78 is 0. The summed E-state index contributed by atoms with van der Waals surface area (Å²) in [7, 11) is 2.96.